The summed E-state index contributed by atoms with van der Waals surface area (Å²) in [5, 5.41) is 16.0. The second-order valence-corrected chi connectivity index (χ2v) is 7.24. The fourth-order valence-corrected chi connectivity index (χ4v) is 3.18. The number of nitrogens with zero attached hydrogens (tertiary/aromatic N) is 5. The van der Waals surface area contributed by atoms with E-state index in [1.54, 1.807) is 6.07 Å². The molecule has 160 valence electrons. The molecule has 0 aliphatic carbocycles. The average molecular weight is 425 g/mol. The Balaban J connectivity index is 1.69. The number of fused-ring (bicyclic) bond motifs is 1. The van der Waals surface area contributed by atoms with Gasteiger partial charge in [0.1, 0.15) is 6.17 Å². The van der Waals surface area contributed by atoms with Gasteiger partial charge >= 0.3 is 6.18 Å². The average Bonchev–Trinajstić information content (AvgIpc) is 3.12. The van der Waals surface area contributed by atoms with Crippen LogP contribution in [0.4, 0.5) is 23.5 Å². The second kappa shape index (κ2) is 7.43. The molecule has 0 radical (unpaired) electrons. The smallest absolute Gasteiger partial charge is 0.375 e. The highest BCUT2D eigenvalue weighted by Gasteiger charge is 2.52. The van der Waals surface area contributed by atoms with Gasteiger partial charge in [-0.1, -0.05) is 0 Å². The number of aromatic nitrogens is 5. The Labute approximate surface area is 168 Å². The molecule has 3 atom stereocenters. The Bertz CT molecular complexity index is 1050. The molecule has 4 rings (SSSR count). The summed E-state index contributed by atoms with van der Waals surface area (Å²) in [6.45, 7) is 1.65. The number of rotatable bonds is 4. The van der Waals surface area contributed by atoms with Gasteiger partial charge in [-0.3, -0.25) is 9.38 Å². The van der Waals surface area contributed by atoms with Crippen LogP contribution in [0.25, 0.3) is 17.0 Å². The van der Waals surface area contributed by atoms with Gasteiger partial charge in [0.05, 0.1) is 35.5 Å². The Morgan fingerprint density at radius 1 is 1.23 bits per heavy atom. The largest absolute Gasteiger partial charge is 0.422 e. The molecule has 3 aromatic rings. The summed E-state index contributed by atoms with van der Waals surface area (Å²) in [5.74, 6) is 0.190. The minimum atomic E-state index is -4.91. The first-order valence-electron chi connectivity index (χ1n) is 9.24. The lowest BCUT2D eigenvalue weighted by molar-refractivity contribution is -0.260. The summed E-state index contributed by atoms with van der Waals surface area (Å²) in [6, 6.07) is 1.07. The lowest BCUT2D eigenvalue weighted by atomic mass is 10.0. The van der Waals surface area contributed by atoms with Crippen molar-refractivity contribution in [2.75, 3.05) is 18.4 Å². The molecule has 1 aliphatic rings. The van der Waals surface area contributed by atoms with Gasteiger partial charge < -0.3 is 15.7 Å². The van der Waals surface area contributed by atoms with Gasteiger partial charge in [-0.05, 0) is 26.0 Å². The molecule has 0 unspecified atom stereocenters. The lowest BCUT2D eigenvalue weighted by Crippen LogP contribution is -2.46. The van der Waals surface area contributed by atoms with Gasteiger partial charge in [0.15, 0.2) is 5.65 Å². The quantitative estimate of drug-likeness (QED) is 0.551. The molecular weight excluding hydrogens is 406 g/mol. The molecule has 8 nitrogen and oxygen atoms in total. The molecular formula is C18H19F4N7O. The fraction of sp³-hybridized carbons (Fsp3) is 0.444. The maximum absolute atomic E-state index is 14.1. The zero-order valence-corrected chi connectivity index (χ0v) is 15.9. The number of imidazole rings is 1. The SMILES string of the molecule is C[C@@](O)(c1cn2c(-c3ccnc(N[C@H]4CNCC[C@@H]4F)n3)cnc2cn1)C(F)(F)F. The standard InChI is InChI=1S/C18H19F4N7O/c1-17(30,18(20,21)22)14-9-29-13(7-26-15(29)8-25-14)11-3-5-24-16(27-11)28-12-6-23-4-2-10(12)19/h3,5,7-10,12,23,30H,2,4,6H2,1H3,(H,24,27,28)/t10-,12-,17+/m0/s1. The molecule has 0 amide bonds. The van der Waals surface area contributed by atoms with E-state index in [1.165, 1.54) is 16.8 Å². The van der Waals surface area contributed by atoms with E-state index >= 15 is 0 Å². The molecule has 30 heavy (non-hydrogen) atoms. The number of piperidine rings is 1. The van der Waals surface area contributed by atoms with E-state index in [-0.39, 0.29) is 11.6 Å². The number of hydrogen-bond donors (Lipinski definition) is 3. The summed E-state index contributed by atoms with van der Waals surface area (Å²) in [5.41, 5.74) is -2.70. The monoisotopic (exact) mass is 425 g/mol. The topological polar surface area (TPSA) is 100 Å². The van der Waals surface area contributed by atoms with Crippen LogP contribution in [0.5, 0.6) is 0 Å². The van der Waals surface area contributed by atoms with Crippen LogP contribution in [0.2, 0.25) is 0 Å². The number of aliphatic hydroxyl groups is 1. The van der Waals surface area contributed by atoms with Gasteiger partial charge in [-0.2, -0.15) is 13.2 Å². The van der Waals surface area contributed by atoms with Crippen molar-refractivity contribution in [1.82, 2.24) is 29.7 Å². The van der Waals surface area contributed by atoms with Crippen molar-refractivity contribution in [3.05, 3.63) is 36.5 Å². The molecule has 0 bridgehead atoms. The van der Waals surface area contributed by atoms with Crippen LogP contribution in [-0.4, -0.2) is 60.9 Å². The first-order chi connectivity index (χ1) is 14.2. The van der Waals surface area contributed by atoms with E-state index in [1.807, 2.05) is 0 Å². The van der Waals surface area contributed by atoms with Crippen LogP contribution in [0.1, 0.15) is 19.0 Å². The molecule has 0 saturated carbocycles. The Morgan fingerprint density at radius 3 is 2.77 bits per heavy atom. The van der Waals surface area contributed by atoms with Crippen molar-refractivity contribution in [1.29, 1.82) is 0 Å². The number of anilines is 1. The molecule has 3 aromatic heterocycles. The van der Waals surface area contributed by atoms with Crippen molar-refractivity contribution in [2.45, 2.75) is 37.3 Å². The lowest BCUT2D eigenvalue weighted by Gasteiger charge is -2.27. The van der Waals surface area contributed by atoms with Crippen molar-refractivity contribution >= 4 is 11.6 Å². The van der Waals surface area contributed by atoms with E-state index < -0.39 is 29.7 Å². The number of hydrogen-bond acceptors (Lipinski definition) is 7. The van der Waals surface area contributed by atoms with E-state index in [0.717, 1.165) is 12.4 Å². The first-order valence-corrected chi connectivity index (χ1v) is 9.24. The maximum atomic E-state index is 14.1. The van der Waals surface area contributed by atoms with Crippen molar-refractivity contribution in [2.24, 2.45) is 0 Å². The summed E-state index contributed by atoms with van der Waals surface area (Å²) in [7, 11) is 0. The predicted octanol–water partition coefficient (Wildman–Crippen LogP) is 2.07. The van der Waals surface area contributed by atoms with Gasteiger partial charge in [-0.15, -0.1) is 0 Å². The number of nitrogens with one attached hydrogen (secondary N) is 2. The van der Waals surface area contributed by atoms with Crippen LogP contribution in [0.15, 0.2) is 30.9 Å². The van der Waals surface area contributed by atoms with Gasteiger partial charge in [0, 0.05) is 18.9 Å². The van der Waals surface area contributed by atoms with Crippen LogP contribution in [0, 0.1) is 0 Å². The molecule has 1 aliphatic heterocycles. The van der Waals surface area contributed by atoms with E-state index in [2.05, 4.69) is 30.6 Å². The molecule has 0 aromatic carbocycles. The fourth-order valence-electron chi connectivity index (χ4n) is 3.18. The summed E-state index contributed by atoms with van der Waals surface area (Å²) in [4.78, 5) is 16.3. The summed E-state index contributed by atoms with van der Waals surface area (Å²) >= 11 is 0. The third kappa shape index (κ3) is 3.67. The number of alkyl halides is 4. The highest BCUT2D eigenvalue weighted by molar-refractivity contribution is 5.60. The molecule has 12 heteroatoms. The van der Waals surface area contributed by atoms with Crippen molar-refractivity contribution < 1.29 is 22.7 Å². The highest BCUT2D eigenvalue weighted by Crippen LogP contribution is 2.37. The maximum Gasteiger partial charge on any atom is 0.422 e. The molecule has 4 heterocycles. The Hall–Kier alpha value is -2.86. The van der Waals surface area contributed by atoms with Crippen LogP contribution < -0.4 is 10.6 Å². The molecule has 1 fully saturated rings. The van der Waals surface area contributed by atoms with E-state index in [4.69, 9.17) is 0 Å². The van der Waals surface area contributed by atoms with Gasteiger partial charge in [0.2, 0.25) is 11.5 Å². The van der Waals surface area contributed by atoms with Crippen molar-refractivity contribution in [3.8, 4) is 11.4 Å². The van der Waals surface area contributed by atoms with E-state index in [0.29, 0.717) is 37.8 Å². The summed E-state index contributed by atoms with van der Waals surface area (Å²) in [6.07, 6.45) is -0.482. The van der Waals surface area contributed by atoms with E-state index in [9.17, 15) is 22.7 Å². The third-order valence-corrected chi connectivity index (χ3v) is 5.08. The third-order valence-electron chi connectivity index (χ3n) is 5.08. The van der Waals surface area contributed by atoms with Gasteiger partial charge in [-0.25, -0.2) is 19.3 Å². The predicted molar refractivity (Wildman–Crippen MR) is 99.4 cm³/mol. The minimum absolute atomic E-state index is 0.190. The van der Waals surface area contributed by atoms with Crippen LogP contribution in [0.3, 0.4) is 0 Å². The number of halogens is 4. The van der Waals surface area contributed by atoms with Gasteiger partial charge in [0.25, 0.3) is 0 Å². The first kappa shape index (κ1) is 20.4. The zero-order chi connectivity index (χ0) is 21.5. The molecule has 3 N–H and O–H groups in total. The molecule has 0 spiro atoms. The highest BCUT2D eigenvalue weighted by atomic mass is 19.4. The zero-order valence-electron chi connectivity index (χ0n) is 15.9. The minimum Gasteiger partial charge on any atom is -0.375 e. The van der Waals surface area contributed by atoms with Crippen LogP contribution in [-0.2, 0) is 5.60 Å². The Morgan fingerprint density at radius 2 is 2.03 bits per heavy atom. The Kier molecular flexibility index (Phi) is 5.06. The normalized spacial score (nSPS) is 22.1. The summed E-state index contributed by atoms with van der Waals surface area (Å²) < 4.78 is 55.0. The van der Waals surface area contributed by atoms with Crippen LogP contribution >= 0.6 is 0 Å². The molecule has 1 saturated heterocycles. The second-order valence-electron chi connectivity index (χ2n) is 7.24. The van der Waals surface area contributed by atoms with Crippen molar-refractivity contribution in [3.63, 3.8) is 0 Å².